The number of amides is 2. The lowest BCUT2D eigenvalue weighted by molar-refractivity contribution is -0.161. The van der Waals surface area contributed by atoms with E-state index in [1.54, 1.807) is 17.0 Å². The van der Waals surface area contributed by atoms with Crippen molar-refractivity contribution in [2.75, 3.05) is 24.7 Å². The van der Waals surface area contributed by atoms with Crippen LogP contribution in [0.5, 0.6) is 0 Å². The molecule has 2 fully saturated rings. The van der Waals surface area contributed by atoms with Crippen LogP contribution in [0, 0.1) is 18.8 Å². The number of likely N-dealkylation sites (tertiary alicyclic amines) is 1. The number of fused-ring (bicyclic) bond motifs is 2. The van der Waals surface area contributed by atoms with Gasteiger partial charge in [-0.2, -0.15) is 0 Å². The molecule has 0 aliphatic carbocycles. The zero-order chi connectivity index (χ0) is 26.5. The number of hydrogen-bond donors (Lipinski definition) is 1. The minimum absolute atomic E-state index is 0.217. The molecule has 4 heterocycles. The molecule has 0 saturated carbocycles. The van der Waals surface area contributed by atoms with Gasteiger partial charge in [-0.3, -0.25) is 14.4 Å². The summed E-state index contributed by atoms with van der Waals surface area (Å²) in [7, 11) is 0. The van der Waals surface area contributed by atoms with Crippen LogP contribution in [0.2, 0.25) is 5.02 Å². The number of aliphatic hydroxyl groups excluding tert-OH is 1. The van der Waals surface area contributed by atoms with E-state index in [-0.39, 0.29) is 31.6 Å². The van der Waals surface area contributed by atoms with Crippen molar-refractivity contribution in [2.24, 2.45) is 11.8 Å². The summed E-state index contributed by atoms with van der Waals surface area (Å²) in [6.45, 7) is 5.76. The Balaban J connectivity index is 1.72. The molecule has 5 rings (SSSR count). The number of ether oxygens (including phenoxy) is 2. The number of anilines is 1. The molecule has 4 aliphatic rings. The number of carbonyl (C=O) groups is 3. The molecule has 198 valence electrons. The van der Waals surface area contributed by atoms with Crippen molar-refractivity contribution in [3.05, 3.63) is 53.1 Å². The van der Waals surface area contributed by atoms with E-state index >= 15 is 0 Å². The molecular formula is C28H33ClN2O6. The molecule has 8 nitrogen and oxygen atoms in total. The summed E-state index contributed by atoms with van der Waals surface area (Å²) < 4.78 is 12.4. The van der Waals surface area contributed by atoms with Crippen molar-refractivity contribution in [1.29, 1.82) is 0 Å². The predicted octanol–water partition coefficient (Wildman–Crippen LogP) is 3.19. The zero-order valence-electron chi connectivity index (χ0n) is 21.4. The zero-order valence-corrected chi connectivity index (χ0v) is 22.1. The molecule has 1 unspecified atom stereocenters. The highest BCUT2D eigenvalue weighted by Gasteiger charge is 2.76. The van der Waals surface area contributed by atoms with Crippen LogP contribution in [0.15, 0.2) is 42.5 Å². The number of benzene rings is 1. The van der Waals surface area contributed by atoms with Gasteiger partial charge in [-0.05, 0) is 37.8 Å². The third-order valence-electron chi connectivity index (χ3n) is 8.37. The van der Waals surface area contributed by atoms with Crippen LogP contribution in [-0.2, 0) is 23.9 Å². The molecule has 1 aromatic rings. The third kappa shape index (κ3) is 3.67. The van der Waals surface area contributed by atoms with E-state index in [1.807, 2.05) is 51.1 Å². The number of aryl methyl sites for hydroxylation is 1. The molecule has 2 amide bonds. The highest BCUT2D eigenvalue weighted by Crippen LogP contribution is 2.59. The lowest BCUT2D eigenvalue weighted by Gasteiger charge is -2.41. The van der Waals surface area contributed by atoms with E-state index in [9.17, 15) is 19.5 Å². The maximum Gasteiger partial charge on any atom is 0.313 e. The largest absolute Gasteiger partial charge is 0.465 e. The molecule has 2 saturated heterocycles. The van der Waals surface area contributed by atoms with Crippen LogP contribution >= 0.6 is 11.6 Å². The molecular weight excluding hydrogens is 496 g/mol. The fourth-order valence-corrected chi connectivity index (χ4v) is 6.96. The SMILES string of the molecule is CC[C@@H](CO)N1C(=O)[C@@H]2[C@H]3C(=O)OCCC=C[C@@]3(CC)O[C@@]23C=CCN(c2c(C)cccc2Cl)C(=O)C13. The van der Waals surface area contributed by atoms with Crippen molar-refractivity contribution >= 4 is 35.1 Å². The van der Waals surface area contributed by atoms with Crippen molar-refractivity contribution in [2.45, 2.75) is 63.3 Å². The highest BCUT2D eigenvalue weighted by atomic mass is 35.5. The number of nitrogens with zero attached hydrogens (tertiary/aromatic N) is 2. The molecule has 1 aromatic carbocycles. The molecule has 1 spiro atoms. The fraction of sp³-hybridized carbons (Fsp3) is 0.536. The van der Waals surface area contributed by atoms with E-state index in [0.29, 0.717) is 30.0 Å². The molecule has 0 radical (unpaired) electrons. The average molecular weight is 529 g/mol. The van der Waals surface area contributed by atoms with E-state index < -0.39 is 41.1 Å². The van der Waals surface area contributed by atoms with Crippen LogP contribution in [0.1, 0.15) is 38.7 Å². The number of hydrogen-bond acceptors (Lipinski definition) is 6. The van der Waals surface area contributed by atoms with Gasteiger partial charge >= 0.3 is 5.97 Å². The number of rotatable bonds is 5. The molecule has 37 heavy (non-hydrogen) atoms. The Morgan fingerprint density at radius 2 is 1.92 bits per heavy atom. The molecule has 9 heteroatoms. The average Bonchev–Trinajstić information content (AvgIpc) is 3.22. The van der Waals surface area contributed by atoms with Gasteiger partial charge in [0, 0.05) is 6.54 Å². The second-order valence-corrected chi connectivity index (χ2v) is 10.6. The maximum absolute atomic E-state index is 14.5. The van der Waals surface area contributed by atoms with Crippen LogP contribution < -0.4 is 4.90 Å². The molecule has 0 aromatic heterocycles. The monoisotopic (exact) mass is 528 g/mol. The first kappa shape index (κ1) is 25.9. The maximum atomic E-state index is 14.5. The van der Waals surface area contributed by atoms with Crippen LogP contribution in [0.3, 0.4) is 0 Å². The van der Waals surface area contributed by atoms with Gasteiger partial charge in [0.25, 0.3) is 5.91 Å². The molecule has 0 bridgehead atoms. The number of esters is 1. The number of aliphatic hydroxyl groups is 1. The Bertz CT molecular complexity index is 1160. The standard InChI is InChI=1S/C28H33ClN2O6/c1-4-18(16-32)31-23-25(34)30(22-17(3)10-8-11-19(22)29)14-9-13-28(23)20(24(31)33)21-26(35)36-15-7-6-12-27(21,5-2)37-28/h6,8-13,18,20-21,23,32H,4-5,7,14-16H2,1-3H3/t18-,20-,21-,23?,27+,28-/m0/s1. The highest BCUT2D eigenvalue weighted by molar-refractivity contribution is 6.34. The number of halogens is 1. The summed E-state index contributed by atoms with van der Waals surface area (Å²) >= 11 is 6.58. The lowest BCUT2D eigenvalue weighted by Crippen LogP contribution is -2.59. The van der Waals surface area contributed by atoms with E-state index in [0.717, 1.165) is 5.56 Å². The predicted molar refractivity (Wildman–Crippen MR) is 138 cm³/mol. The van der Waals surface area contributed by atoms with Crippen molar-refractivity contribution in [3.8, 4) is 0 Å². The molecule has 4 aliphatic heterocycles. The first-order valence-corrected chi connectivity index (χ1v) is 13.4. The minimum atomic E-state index is -1.41. The van der Waals surface area contributed by atoms with Crippen LogP contribution in [0.25, 0.3) is 0 Å². The summed E-state index contributed by atoms with van der Waals surface area (Å²) in [4.78, 5) is 45.3. The Morgan fingerprint density at radius 1 is 1.14 bits per heavy atom. The molecule has 6 atom stereocenters. The Hall–Kier alpha value is -2.68. The Kier molecular flexibility index (Phi) is 6.71. The van der Waals surface area contributed by atoms with Gasteiger partial charge in [0.1, 0.15) is 23.2 Å². The number of carbonyl (C=O) groups excluding carboxylic acids is 3. The minimum Gasteiger partial charge on any atom is -0.465 e. The van der Waals surface area contributed by atoms with Crippen LogP contribution in [0.4, 0.5) is 5.69 Å². The first-order chi connectivity index (χ1) is 17.8. The molecule has 1 N–H and O–H groups in total. The van der Waals surface area contributed by atoms with Gasteiger partial charge < -0.3 is 24.4 Å². The number of para-hydroxylation sites is 1. The van der Waals surface area contributed by atoms with Gasteiger partial charge in [-0.25, -0.2) is 0 Å². The van der Waals surface area contributed by atoms with Crippen LogP contribution in [-0.4, -0.2) is 70.8 Å². The van der Waals surface area contributed by atoms with E-state index in [1.165, 1.54) is 4.90 Å². The van der Waals surface area contributed by atoms with Gasteiger partial charge in [0.05, 0.1) is 35.9 Å². The third-order valence-corrected chi connectivity index (χ3v) is 8.68. The van der Waals surface area contributed by atoms with Gasteiger partial charge in [-0.15, -0.1) is 0 Å². The van der Waals surface area contributed by atoms with Gasteiger partial charge in [0.2, 0.25) is 5.91 Å². The first-order valence-electron chi connectivity index (χ1n) is 13.0. The summed E-state index contributed by atoms with van der Waals surface area (Å²) in [6.07, 6.45) is 8.80. The smallest absolute Gasteiger partial charge is 0.313 e. The number of cyclic esters (lactones) is 1. The van der Waals surface area contributed by atoms with Crippen molar-refractivity contribution < 1.29 is 29.0 Å². The van der Waals surface area contributed by atoms with E-state index in [2.05, 4.69) is 0 Å². The van der Waals surface area contributed by atoms with Crippen molar-refractivity contribution in [3.63, 3.8) is 0 Å². The quantitative estimate of drug-likeness (QED) is 0.466. The normalized spacial score (nSPS) is 33.9. The topological polar surface area (TPSA) is 96.4 Å². The second kappa shape index (κ2) is 9.57. The summed E-state index contributed by atoms with van der Waals surface area (Å²) in [6, 6.07) is 3.72. The second-order valence-electron chi connectivity index (χ2n) is 10.2. The Labute approximate surface area is 221 Å². The van der Waals surface area contributed by atoms with Gasteiger partial charge in [0.15, 0.2) is 0 Å². The summed E-state index contributed by atoms with van der Waals surface area (Å²) in [5, 5.41) is 10.7. The lowest BCUT2D eigenvalue weighted by atomic mass is 9.73. The Morgan fingerprint density at radius 3 is 2.59 bits per heavy atom. The summed E-state index contributed by atoms with van der Waals surface area (Å²) in [5.41, 5.74) is -1.12. The fourth-order valence-electron chi connectivity index (χ4n) is 6.64. The van der Waals surface area contributed by atoms with Gasteiger partial charge in [-0.1, -0.05) is 61.9 Å². The van der Waals surface area contributed by atoms with E-state index in [4.69, 9.17) is 21.1 Å². The van der Waals surface area contributed by atoms with Crippen molar-refractivity contribution in [1.82, 2.24) is 4.90 Å². The summed E-state index contributed by atoms with van der Waals surface area (Å²) in [5.74, 6) is -3.13.